The summed E-state index contributed by atoms with van der Waals surface area (Å²) in [6.07, 6.45) is 3.93. The van der Waals surface area contributed by atoms with Gasteiger partial charge in [-0.25, -0.2) is 22.2 Å². The summed E-state index contributed by atoms with van der Waals surface area (Å²) in [5.41, 5.74) is 3.59. The summed E-state index contributed by atoms with van der Waals surface area (Å²) >= 11 is 0. The standard InChI is InChI=1S/C22H26FN5O2S/c23-22-7-6-19(12-20(22)13-24-31(29)30)18-8-10-27(11-9-18)15-21-16-28(26-25-21)14-17-4-2-1-3-5-17/h1-7,12,16,18,31H,8-11,13-15H2,(H,24,29,30). The monoisotopic (exact) mass is 443 g/mol. The Kier molecular flexibility index (Phi) is 7.06. The van der Waals surface area contributed by atoms with E-state index in [-0.39, 0.29) is 12.4 Å². The second kappa shape index (κ2) is 10.1. The van der Waals surface area contributed by atoms with Crippen LogP contribution in [0.2, 0.25) is 0 Å². The third-order valence-electron chi connectivity index (χ3n) is 5.69. The Morgan fingerprint density at radius 1 is 1.06 bits per heavy atom. The Hall–Kier alpha value is -2.62. The molecule has 1 aliphatic rings. The first-order valence-electron chi connectivity index (χ1n) is 10.4. The van der Waals surface area contributed by atoms with Crippen LogP contribution in [-0.2, 0) is 30.5 Å². The molecule has 4 rings (SSSR count). The first kappa shape index (κ1) is 21.6. The van der Waals surface area contributed by atoms with Crippen molar-refractivity contribution in [2.24, 2.45) is 0 Å². The number of nitrogens with zero attached hydrogens (tertiary/aromatic N) is 4. The fourth-order valence-electron chi connectivity index (χ4n) is 4.05. The van der Waals surface area contributed by atoms with E-state index in [0.29, 0.717) is 18.0 Å². The van der Waals surface area contributed by atoms with Crippen LogP contribution in [0.25, 0.3) is 0 Å². The molecule has 0 saturated carbocycles. The van der Waals surface area contributed by atoms with E-state index >= 15 is 0 Å². The van der Waals surface area contributed by atoms with Gasteiger partial charge >= 0.3 is 0 Å². The van der Waals surface area contributed by atoms with Gasteiger partial charge in [-0.2, -0.15) is 0 Å². The van der Waals surface area contributed by atoms with Crippen LogP contribution in [0, 0.1) is 5.82 Å². The van der Waals surface area contributed by atoms with Gasteiger partial charge in [0.2, 0.25) is 10.9 Å². The summed E-state index contributed by atoms with van der Waals surface area (Å²) in [4.78, 5) is 2.36. The molecule has 2 heterocycles. The summed E-state index contributed by atoms with van der Waals surface area (Å²) in [5.74, 6) is -0.0468. The lowest BCUT2D eigenvalue weighted by molar-refractivity contribution is 0.202. The average molecular weight is 444 g/mol. The van der Waals surface area contributed by atoms with E-state index in [1.165, 1.54) is 11.6 Å². The number of hydrogen-bond donors (Lipinski definition) is 2. The maximum atomic E-state index is 14.0. The molecule has 0 bridgehead atoms. The van der Waals surface area contributed by atoms with Gasteiger partial charge in [0.05, 0.1) is 18.4 Å². The largest absolute Gasteiger partial charge is 0.297 e. The Balaban J connectivity index is 1.31. The molecule has 1 aliphatic heterocycles. The third kappa shape index (κ3) is 5.96. The molecule has 0 atom stereocenters. The number of rotatable bonds is 8. The zero-order valence-electron chi connectivity index (χ0n) is 17.2. The highest BCUT2D eigenvalue weighted by Crippen LogP contribution is 2.29. The number of halogens is 1. The smallest absolute Gasteiger partial charge is 0.201 e. The molecule has 164 valence electrons. The molecular weight excluding hydrogens is 417 g/mol. The van der Waals surface area contributed by atoms with Gasteiger partial charge in [0.15, 0.2) is 0 Å². The molecule has 0 radical (unpaired) electrons. The average Bonchev–Trinajstić information content (AvgIpc) is 3.21. The zero-order chi connectivity index (χ0) is 21.6. The van der Waals surface area contributed by atoms with E-state index in [4.69, 9.17) is 0 Å². The molecule has 0 amide bonds. The lowest BCUT2D eigenvalue weighted by Gasteiger charge is -2.31. The molecule has 0 aliphatic carbocycles. The first-order chi connectivity index (χ1) is 15.1. The van der Waals surface area contributed by atoms with Crippen LogP contribution in [0.3, 0.4) is 0 Å². The van der Waals surface area contributed by atoms with E-state index in [2.05, 4.69) is 32.1 Å². The maximum absolute atomic E-state index is 14.0. The molecule has 2 aromatic carbocycles. The number of piperidine rings is 1. The number of likely N-dealkylation sites (tertiary alicyclic amines) is 1. The van der Waals surface area contributed by atoms with Crippen molar-refractivity contribution in [2.45, 2.75) is 38.4 Å². The second-order valence-corrected chi connectivity index (χ2v) is 8.72. The van der Waals surface area contributed by atoms with Crippen LogP contribution in [0.15, 0.2) is 54.7 Å². The van der Waals surface area contributed by atoms with Gasteiger partial charge < -0.3 is 0 Å². The molecule has 1 saturated heterocycles. The Morgan fingerprint density at radius 2 is 1.84 bits per heavy atom. The number of hydrogen-bond acceptors (Lipinski definition) is 5. The third-order valence-corrected chi connectivity index (χ3v) is 6.10. The van der Waals surface area contributed by atoms with Crippen molar-refractivity contribution >= 4 is 10.9 Å². The van der Waals surface area contributed by atoms with Crippen LogP contribution < -0.4 is 4.72 Å². The quantitative estimate of drug-likeness (QED) is 0.523. The first-order valence-corrected chi connectivity index (χ1v) is 11.6. The number of nitrogens with one attached hydrogen (secondary N) is 1. The van der Waals surface area contributed by atoms with E-state index in [1.807, 2.05) is 35.1 Å². The Morgan fingerprint density at radius 3 is 2.58 bits per heavy atom. The summed E-state index contributed by atoms with van der Waals surface area (Å²) in [7, 11) is -2.74. The van der Waals surface area contributed by atoms with Crippen LogP contribution in [0.1, 0.15) is 41.1 Å². The minimum atomic E-state index is -2.74. The normalized spacial score (nSPS) is 15.5. The highest BCUT2D eigenvalue weighted by molar-refractivity contribution is 7.70. The molecule has 7 nitrogen and oxygen atoms in total. The van der Waals surface area contributed by atoms with E-state index in [0.717, 1.165) is 43.7 Å². The van der Waals surface area contributed by atoms with Gasteiger partial charge in [0, 0.05) is 18.7 Å². The number of thiol groups is 1. The van der Waals surface area contributed by atoms with Crippen LogP contribution in [0.4, 0.5) is 4.39 Å². The van der Waals surface area contributed by atoms with Crippen molar-refractivity contribution in [3.8, 4) is 0 Å². The van der Waals surface area contributed by atoms with Crippen molar-refractivity contribution < 1.29 is 12.8 Å². The van der Waals surface area contributed by atoms with Crippen LogP contribution >= 0.6 is 0 Å². The second-order valence-electron chi connectivity index (χ2n) is 7.89. The topological polar surface area (TPSA) is 80.1 Å². The Bertz CT molecular complexity index is 1070. The predicted octanol–water partition coefficient (Wildman–Crippen LogP) is 2.46. The van der Waals surface area contributed by atoms with Gasteiger partial charge in [-0.05, 0) is 49.0 Å². The van der Waals surface area contributed by atoms with Gasteiger partial charge in [0.25, 0.3) is 0 Å². The summed E-state index contributed by atoms with van der Waals surface area (Å²) < 4.78 is 39.6. The summed E-state index contributed by atoms with van der Waals surface area (Å²) in [5, 5.41) is 8.56. The maximum Gasteiger partial charge on any atom is 0.201 e. The van der Waals surface area contributed by atoms with Crippen molar-refractivity contribution in [1.29, 1.82) is 0 Å². The van der Waals surface area contributed by atoms with Crippen molar-refractivity contribution in [1.82, 2.24) is 24.6 Å². The van der Waals surface area contributed by atoms with Crippen LogP contribution in [0.5, 0.6) is 0 Å². The molecular formula is C22H26FN5O2S. The van der Waals surface area contributed by atoms with Crippen LogP contribution in [-0.4, -0.2) is 41.4 Å². The van der Waals surface area contributed by atoms with Gasteiger partial charge in [-0.1, -0.05) is 47.7 Å². The van der Waals surface area contributed by atoms with Crippen molar-refractivity contribution in [2.75, 3.05) is 13.1 Å². The highest BCUT2D eigenvalue weighted by Gasteiger charge is 2.22. The highest BCUT2D eigenvalue weighted by atomic mass is 32.2. The molecule has 1 fully saturated rings. The molecule has 1 aromatic heterocycles. The summed E-state index contributed by atoms with van der Waals surface area (Å²) in [6.45, 7) is 3.30. The molecule has 9 heteroatoms. The zero-order valence-corrected chi connectivity index (χ0v) is 18.0. The Labute approximate surface area is 183 Å². The minimum Gasteiger partial charge on any atom is -0.297 e. The SMILES string of the molecule is O=[SH](=O)NCc1cc(C2CCN(Cc3cn(Cc4ccccc4)nn3)CC2)ccc1F. The fraction of sp³-hybridized carbons (Fsp3) is 0.364. The van der Waals surface area contributed by atoms with Gasteiger partial charge in [0.1, 0.15) is 5.82 Å². The lowest BCUT2D eigenvalue weighted by atomic mass is 9.88. The molecule has 3 aromatic rings. The predicted molar refractivity (Wildman–Crippen MR) is 116 cm³/mol. The number of benzene rings is 2. The van der Waals surface area contributed by atoms with E-state index in [1.54, 1.807) is 6.07 Å². The lowest BCUT2D eigenvalue weighted by Crippen LogP contribution is -2.32. The molecule has 1 N–H and O–H groups in total. The molecule has 31 heavy (non-hydrogen) atoms. The minimum absolute atomic E-state index is 0.0180. The fourth-order valence-corrected chi connectivity index (χ4v) is 4.35. The molecule has 0 spiro atoms. The molecule has 0 unspecified atom stereocenters. The van der Waals surface area contributed by atoms with Gasteiger partial charge in [-0.15, -0.1) is 5.10 Å². The van der Waals surface area contributed by atoms with Gasteiger partial charge in [-0.3, -0.25) is 4.90 Å². The summed E-state index contributed by atoms with van der Waals surface area (Å²) in [6, 6.07) is 15.2. The van der Waals surface area contributed by atoms with Crippen molar-refractivity contribution in [3.63, 3.8) is 0 Å². The number of aromatic nitrogens is 3. The van der Waals surface area contributed by atoms with E-state index in [9.17, 15) is 12.8 Å². The van der Waals surface area contributed by atoms with E-state index < -0.39 is 10.9 Å². The van der Waals surface area contributed by atoms with Crippen molar-refractivity contribution in [3.05, 3.63) is 82.9 Å².